The van der Waals surface area contributed by atoms with Crippen molar-refractivity contribution in [3.63, 3.8) is 0 Å². The first-order valence-corrected chi connectivity index (χ1v) is 22.4. The molecule has 20 nitrogen and oxygen atoms in total. The first-order chi connectivity index (χ1) is 30.6. The molecular weight excluding hydrogens is 861 g/mol. The Balaban J connectivity index is 0.000000136. The molecule has 9 heterocycles. The van der Waals surface area contributed by atoms with Crippen molar-refractivity contribution in [3.05, 3.63) is 52.8 Å². The number of benzene rings is 1. The highest BCUT2D eigenvalue weighted by molar-refractivity contribution is 6.30. The van der Waals surface area contributed by atoms with E-state index in [9.17, 15) is 14.7 Å². The molecule has 6 aliphatic heterocycles. The summed E-state index contributed by atoms with van der Waals surface area (Å²) in [7, 11) is 7.16. The SMILES string of the molecule is CN(C)C(=O)N1C2CCC1CN(c1cc(-c3ccccc3O)nnc1N)C2.CN(C)C(=O)N1C2CCC1CN(c1cc(Cl)nnc1N)C2.Nc1nnc(Cl)cc1N1CC2CCC(C1)N2. The number of hydrogen-bond donors (Lipinski definition) is 5. The molecule has 3 aromatic heterocycles. The third-order valence-electron chi connectivity index (χ3n) is 12.9. The lowest BCUT2D eigenvalue weighted by molar-refractivity contribution is 0.137. The van der Waals surface area contributed by atoms with E-state index in [1.807, 2.05) is 21.9 Å². The lowest BCUT2D eigenvalue weighted by Gasteiger charge is -2.43. The van der Waals surface area contributed by atoms with Crippen molar-refractivity contribution in [1.29, 1.82) is 0 Å². The average molecular weight is 919 g/mol. The van der Waals surface area contributed by atoms with Gasteiger partial charge in [0.1, 0.15) is 5.75 Å². The Bertz CT molecular complexity index is 2300. The summed E-state index contributed by atoms with van der Waals surface area (Å²) >= 11 is 11.8. The van der Waals surface area contributed by atoms with Gasteiger partial charge in [-0.05, 0) is 56.7 Å². The van der Waals surface area contributed by atoms with Crippen LogP contribution in [0.1, 0.15) is 38.5 Å². The minimum atomic E-state index is 0.0675. The summed E-state index contributed by atoms with van der Waals surface area (Å²) < 4.78 is 0. The van der Waals surface area contributed by atoms with Gasteiger partial charge >= 0.3 is 12.1 Å². The van der Waals surface area contributed by atoms with Gasteiger partial charge in [-0.2, -0.15) is 0 Å². The smallest absolute Gasteiger partial charge is 0.320 e. The number of hydrogen-bond acceptors (Lipinski definition) is 16. The van der Waals surface area contributed by atoms with Crippen LogP contribution < -0.4 is 37.2 Å². The molecule has 6 unspecified atom stereocenters. The predicted molar refractivity (Wildman–Crippen MR) is 249 cm³/mol. The van der Waals surface area contributed by atoms with Crippen LogP contribution in [0.3, 0.4) is 0 Å². The van der Waals surface area contributed by atoms with Gasteiger partial charge in [0.05, 0.1) is 46.9 Å². The van der Waals surface area contributed by atoms with Crippen LogP contribution in [-0.2, 0) is 0 Å². The third-order valence-corrected chi connectivity index (χ3v) is 13.3. The zero-order valence-corrected chi connectivity index (χ0v) is 38.1. The summed E-state index contributed by atoms with van der Waals surface area (Å²) in [6.45, 7) is 4.88. The maximum Gasteiger partial charge on any atom is 0.320 e. The van der Waals surface area contributed by atoms with Crippen LogP contribution >= 0.6 is 23.2 Å². The third kappa shape index (κ3) is 9.35. The normalized spacial score (nSPS) is 24.1. The standard InChI is InChI=1S/C19H24N6O2.C13H19ClN6O.C10H14ClN5/c1-23(2)19(27)25-12-7-8-13(25)11-24(10-12)16-9-15(21-22-18(16)20)14-5-3-4-6-17(14)26;1-18(2)13(21)20-8-3-4-9(20)7-19(6-8)10-5-11(14)16-17-12(10)15;11-9-3-8(10(12)15-14-9)16-4-6-1-2-7(5-16)13-6/h3-6,9,12-13,26H,7-8,10-11H2,1-2H3,(H2,20,22);5,8-9H,3-4,6-7H2,1-2H3,(H2,15,17);3,6-7,13H,1-2,4-5H2,(H2,12,15). The van der Waals surface area contributed by atoms with E-state index in [0.29, 0.717) is 64.2 Å². The van der Waals surface area contributed by atoms with Crippen LogP contribution in [-0.4, -0.2) is 171 Å². The molecule has 0 spiro atoms. The first kappa shape index (κ1) is 44.7. The Morgan fingerprint density at radius 2 is 0.984 bits per heavy atom. The van der Waals surface area contributed by atoms with E-state index in [0.717, 1.165) is 68.9 Å². The number of phenols is 1. The lowest BCUT2D eigenvalue weighted by atomic mass is 10.1. The van der Waals surface area contributed by atoms with Crippen molar-refractivity contribution in [2.45, 2.75) is 74.8 Å². The molecule has 8 N–H and O–H groups in total. The minimum absolute atomic E-state index is 0.0675. The topological polar surface area (TPSA) is 244 Å². The zero-order chi connectivity index (χ0) is 45.4. The van der Waals surface area contributed by atoms with E-state index in [-0.39, 0.29) is 42.0 Å². The molecule has 4 aromatic rings. The quantitative estimate of drug-likeness (QED) is 0.197. The van der Waals surface area contributed by atoms with E-state index in [2.05, 4.69) is 50.6 Å². The van der Waals surface area contributed by atoms with E-state index in [1.165, 1.54) is 12.8 Å². The first-order valence-electron chi connectivity index (χ1n) is 21.6. The van der Waals surface area contributed by atoms with E-state index in [1.54, 1.807) is 68.3 Å². The summed E-state index contributed by atoms with van der Waals surface area (Å²) in [6, 6.07) is 14.5. The Labute approximate surface area is 382 Å². The Morgan fingerprint density at radius 1 is 0.594 bits per heavy atom. The van der Waals surface area contributed by atoms with Crippen molar-refractivity contribution in [1.82, 2.24) is 55.5 Å². The Kier molecular flexibility index (Phi) is 13.1. The van der Waals surface area contributed by atoms with Crippen molar-refractivity contribution >= 4 is 69.8 Å². The highest BCUT2D eigenvalue weighted by Gasteiger charge is 2.45. The molecule has 6 saturated heterocycles. The number of para-hydroxylation sites is 1. The second-order valence-electron chi connectivity index (χ2n) is 17.7. The molecule has 4 amide bonds. The zero-order valence-electron chi connectivity index (χ0n) is 36.6. The van der Waals surface area contributed by atoms with Gasteiger partial charge in [-0.25, -0.2) is 9.59 Å². The van der Waals surface area contributed by atoms with Crippen molar-refractivity contribution in [2.75, 3.05) is 99.4 Å². The Hall–Kier alpha value is -5.86. The van der Waals surface area contributed by atoms with Crippen LogP contribution in [0.2, 0.25) is 10.3 Å². The number of phenolic OH excluding ortho intramolecular Hbond substituents is 1. The molecule has 342 valence electrons. The van der Waals surface area contributed by atoms with Gasteiger partial charge in [0.25, 0.3) is 0 Å². The molecule has 0 radical (unpaired) electrons. The molecule has 0 saturated carbocycles. The number of halogens is 2. The molecule has 0 aliphatic carbocycles. The van der Waals surface area contributed by atoms with Crippen LogP contribution in [0, 0.1) is 0 Å². The largest absolute Gasteiger partial charge is 0.507 e. The van der Waals surface area contributed by atoms with Crippen LogP contribution in [0.15, 0.2) is 42.5 Å². The summed E-state index contributed by atoms with van der Waals surface area (Å²) in [5, 5.41) is 37.9. The number of piperazine rings is 3. The van der Waals surface area contributed by atoms with Gasteiger partial charge < -0.3 is 61.9 Å². The van der Waals surface area contributed by atoms with Gasteiger partial charge in [-0.3, -0.25) is 0 Å². The van der Waals surface area contributed by atoms with Crippen LogP contribution in [0.5, 0.6) is 5.75 Å². The number of urea groups is 2. The monoisotopic (exact) mass is 917 g/mol. The van der Waals surface area contributed by atoms with Crippen LogP contribution in [0.25, 0.3) is 11.3 Å². The average Bonchev–Trinajstić information content (AvgIpc) is 3.85. The van der Waals surface area contributed by atoms with Crippen molar-refractivity contribution < 1.29 is 14.7 Å². The maximum absolute atomic E-state index is 12.5. The minimum Gasteiger partial charge on any atom is -0.507 e. The molecule has 64 heavy (non-hydrogen) atoms. The number of aromatic nitrogens is 6. The van der Waals surface area contributed by atoms with E-state index in [4.69, 9.17) is 40.4 Å². The number of nitrogens with zero attached hydrogens (tertiary/aromatic N) is 13. The van der Waals surface area contributed by atoms with Crippen molar-refractivity contribution in [3.8, 4) is 17.0 Å². The lowest BCUT2D eigenvalue weighted by Crippen LogP contribution is -2.58. The highest BCUT2D eigenvalue weighted by atomic mass is 35.5. The second-order valence-corrected chi connectivity index (χ2v) is 18.5. The van der Waals surface area contributed by atoms with E-state index >= 15 is 0 Å². The van der Waals surface area contributed by atoms with Gasteiger partial charge in [-0.1, -0.05) is 35.3 Å². The number of rotatable bonds is 4. The number of nitrogens with one attached hydrogen (secondary N) is 1. The molecule has 6 atom stereocenters. The second kappa shape index (κ2) is 18.7. The fourth-order valence-corrected chi connectivity index (χ4v) is 10.3. The Morgan fingerprint density at radius 3 is 1.41 bits per heavy atom. The summed E-state index contributed by atoms with van der Waals surface area (Å²) in [5.41, 5.74) is 21.6. The number of aromatic hydroxyl groups is 1. The number of nitrogens with two attached hydrogens (primary N) is 3. The fourth-order valence-electron chi connectivity index (χ4n) is 9.99. The summed E-state index contributed by atoms with van der Waals surface area (Å²) in [5.74, 6) is 1.36. The van der Waals surface area contributed by atoms with Crippen molar-refractivity contribution in [2.24, 2.45) is 0 Å². The number of carbonyl (C=O) groups is 2. The van der Waals surface area contributed by atoms with Gasteiger partial charge in [0, 0.05) is 97.2 Å². The molecule has 1 aromatic carbocycles. The molecule has 6 aliphatic rings. The molecule has 22 heteroatoms. The molecule has 6 bridgehead atoms. The number of fused-ring (bicyclic) bond motifs is 6. The summed E-state index contributed by atoms with van der Waals surface area (Å²) in [4.78, 5) is 38.7. The molecule has 6 fully saturated rings. The fraction of sp³-hybridized carbons (Fsp3) is 0.524. The maximum atomic E-state index is 12.5. The van der Waals surface area contributed by atoms with Gasteiger partial charge in [0.2, 0.25) is 0 Å². The number of amides is 4. The summed E-state index contributed by atoms with van der Waals surface area (Å²) in [6.07, 6.45) is 6.51. The van der Waals surface area contributed by atoms with Gasteiger partial charge in [0.15, 0.2) is 27.8 Å². The predicted octanol–water partition coefficient (Wildman–Crippen LogP) is 3.47. The number of carbonyl (C=O) groups excluding carboxylic acids is 2. The number of anilines is 6. The molecular formula is C42H57Cl2N17O3. The van der Waals surface area contributed by atoms with Crippen LogP contribution in [0.4, 0.5) is 44.1 Å². The number of nitrogen functional groups attached to an aromatic ring is 3. The molecule has 10 rings (SSSR count). The highest BCUT2D eigenvalue weighted by Crippen LogP contribution is 2.38. The van der Waals surface area contributed by atoms with Gasteiger partial charge in [-0.15, -0.1) is 30.6 Å². The van der Waals surface area contributed by atoms with E-state index < -0.39 is 0 Å².